The van der Waals surface area contributed by atoms with Crippen molar-refractivity contribution in [1.82, 2.24) is 19.4 Å². The largest absolute Gasteiger partial charge is 0.337 e. The summed E-state index contributed by atoms with van der Waals surface area (Å²) in [4.78, 5) is 24.8. The summed E-state index contributed by atoms with van der Waals surface area (Å²) in [7, 11) is 0. The molecular formula is C25H24IN5O. The molecule has 6 nitrogen and oxygen atoms in total. The molecule has 2 aromatic heterocycles. The van der Waals surface area contributed by atoms with Crippen LogP contribution in [0.4, 0.5) is 0 Å². The Morgan fingerprint density at radius 3 is 2.56 bits per heavy atom. The normalized spacial score (nSPS) is 16.1. The second-order valence-corrected chi connectivity index (χ2v) is 9.74. The van der Waals surface area contributed by atoms with E-state index in [1.54, 1.807) is 0 Å². The van der Waals surface area contributed by atoms with E-state index < -0.39 is 0 Å². The van der Waals surface area contributed by atoms with Gasteiger partial charge in [-0.3, -0.25) is 14.3 Å². The van der Waals surface area contributed by atoms with Crippen molar-refractivity contribution < 1.29 is 4.79 Å². The van der Waals surface area contributed by atoms with Crippen LogP contribution in [0.2, 0.25) is 0 Å². The van der Waals surface area contributed by atoms with Gasteiger partial charge in [-0.1, -0.05) is 0 Å². The highest BCUT2D eigenvalue weighted by Crippen LogP contribution is 2.39. The molecule has 3 heterocycles. The fourth-order valence-electron chi connectivity index (χ4n) is 4.36. The molecule has 1 saturated carbocycles. The summed E-state index contributed by atoms with van der Waals surface area (Å²) in [6, 6.07) is 12.0. The maximum absolute atomic E-state index is 13.4. The smallest absolute Gasteiger partial charge is 0.274 e. The Morgan fingerprint density at radius 1 is 1.16 bits per heavy atom. The van der Waals surface area contributed by atoms with Crippen LogP contribution in [-0.2, 0) is 0 Å². The summed E-state index contributed by atoms with van der Waals surface area (Å²) < 4.78 is 2.89. The molecule has 0 radical (unpaired) electrons. The van der Waals surface area contributed by atoms with Crippen molar-refractivity contribution >= 4 is 28.5 Å². The maximum atomic E-state index is 13.4. The Hall–Kier alpha value is -2.73. The van der Waals surface area contributed by atoms with Gasteiger partial charge in [0.15, 0.2) is 0 Å². The van der Waals surface area contributed by atoms with E-state index in [1.165, 1.54) is 19.3 Å². The molecule has 1 amide bonds. The van der Waals surface area contributed by atoms with Crippen LogP contribution in [0.25, 0.3) is 17.1 Å². The molecule has 5 rings (SSSR count). The minimum absolute atomic E-state index is 0.00639. The number of halogens is 1. The lowest BCUT2D eigenvalue weighted by Gasteiger charge is -2.26. The van der Waals surface area contributed by atoms with Crippen molar-refractivity contribution in [2.45, 2.75) is 44.9 Å². The average molecular weight is 537 g/mol. The van der Waals surface area contributed by atoms with E-state index in [0.717, 1.165) is 52.1 Å². The number of imidazole rings is 1. The maximum Gasteiger partial charge on any atom is 0.274 e. The van der Waals surface area contributed by atoms with Crippen molar-refractivity contribution in [2.24, 2.45) is 0 Å². The van der Waals surface area contributed by atoms with E-state index in [9.17, 15) is 10.1 Å². The predicted molar refractivity (Wildman–Crippen MR) is 131 cm³/mol. The topological polar surface area (TPSA) is 74.8 Å². The molecule has 162 valence electrons. The van der Waals surface area contributed by atoms with Gasteiger partial charge in [0.2, 0.25) is 0 Å². The minimum Gasteiger partial charge on any atom is -0.337 e. The first-order chi connectivity index (χ1) is 15.6. The van der Waals surface area contributed by atoms with Crippen molar-refractivity contribution in [3.8, 4) is 23.1 Å². The van der Waals surface area contributed by atoms with Gasteiger partial charge in [-0.2, -0.15) is 5.26 Å². The van der Waals surface area contributed by atoms with Gasteiger partial charge < -0.3 is 4.90 Å². The molecule has 1 saturated heterocycles. The number of amides is 1. The zero-order valence-corrected chi connectivity index (χ0v) is 20.2. The van der Waals surface area contributed by atoms with E-state index in [0.29, 0.717) is 23.0 Å². The molecular weight excluding hydrogens is 513 g/mol. The second kappa shape index (κ2) is 8.66. The molecule has 0 N–H and O–H groups in total. The minimum atomic E-state index is -0.00639. The number of rotatable bonds is 4. The number of likely N-dealkylation sites (tertiary alicyclic amines) is 1. The summed E-state index contributed by atoms with van der Waals surface area (Å²) in [5, 5.41) is 9.32. The number of nitrogens with zero attached hydrogens (tertiary/aromatic N) is 5. The molecule has 1 aromatic carbocycles. The lowest BCUT2D eigenvalue weighted by molar-refractivity contribution is 0.0718. The number of hydrogen-bond donors (Lipinski definition) is 0. The highest BCUT2D eigenvalue weighted by molar-refractivity contribution is 14.1. The van der Waals surface area contributed by atoms with Crippen LogP contribution in [0.3, 0.4) is 0 Å². The Kier molecular flexibility index (Phi) is 5.72. The molecule has 7 heteroatoms. The quantitative estimate of drug-likeness (QED) is 0.428. The van der Waals surface area contributed by atoms with Gasteiger partial charge in [0.1, 0.15) is 17.6 Å². The Bertz CT molecular complexity index is 1210. The molecule has 2 fully saturated rings. The van der Waals surface area contributed by atoms with Crippen LogP contribution >= 0.6 is 22.6 Å². The highest BCUT2D eigenvalue weighted by atomic mass is 127. The van der Waals surface area contributed by atoms with Crippen molar-refractivity contribution in [3.63, 3.8) is 0 Å². The summed E-state index contributed by atoms with van der Waals surface area (Å²) in [5.41, 5.74) is 4.84. The number of aromatic nitrogens is 3. The summed E-state index contributed by atoms with van der Waals surface area (Å²) in [6.07, 6.45) is 7.55. The van der Waals surface area contributed by atoms with Gasteiger partial charge >= 0.3 is 0 Å². The number of hydrogen-bond acceptors (Lipinski definition) is 4. The lowest BCUT2D eigenvalue weighted by atomic mass is 10.1. The lowest BCUT2D eigenvalue weighted by Crippen LogP contribution is -2.36. The third-order valence-corrected chi connectivity index (χ3v) is 7.22. The highest BCUT2D eigenvalue weighted by Gasteiger charge is 2.28. The fourth-order valence-corrected chi connectivity index (χ4v) is 4.99. The number of carbonyl (C=O) groups is 1. The number of nitriles is 1. The van der Waals surface area contributed by atoms with Crippen LogP contribution in [0, 0.1) is 21.8 Å². The van der Waals surface area contributed by atoms with Gasteiger partial charge in [0, 0.05) is 33.8 Å². The van der Waals surface area contributed by atoms with Crippen LogP contribution in [0.1, 0.15) is 65.5 Å². The zero-order chi connectivity index (χ0) is 22.2. The fraction of sp³-hybridized carbons (Fsp3) is 0.360. The summed E-state index contributed by atoms with van der Waals surface area (Å²) in [5.74, 6) is 1.28. The van der Waals surface area contributed by atoms with E-state index >= 15 is 0 Å². The third kappa shape index (κ3) is 3.92. The van der Waals surface area contributed by atoms with Gasteiger partial charge in [0.05, 0.1) is 23.1 Å². The standard InChI is InChI=1S/C25H24IN5O/c1-16-23(25(32)30-11-3-2-4-12-30)29-24(18-7-8-19(14-27)21(26)13-18)31(16)20-9-10-22(28-15-20)17-5-6-17/h7-10,13,15,17H,2-6,11-12H2,1H3. The van der Waals surface area contributed by atoms with Crippen LogP contribution < -0.4 is 0 Å². The van der Waals surface area contributed by atoms with Crippen LogP contribution in [-0.4, -0.2) is 38.4 Å². The average Bonchev–Trinajstić information content (AvgIpc) is 3.62. The van der Waals surface area contributed by atoms with E-state index in [2.05, 4.69) is 40.8 Å². The summed E-state index contributed by atoms with van der Waals surface area (Å²) >= 11 is 2.17. The van der Waals surface area contributed by atoms with Crippen LogP contribution in [0.15, 0.2) is 36.5 Å². The monoisotopic (exact) mass is 537 g/mol. The number of carbonyl (C=O) groups excluding carboxylic acids is 1. The molecule has 1 aliphatic carbocycles. The van der Waals surface area contributed by atoms with E-state index in [-0.39, 0.29) is 5.91 Å². The van der Waals surface area contributed by atoms with Gasteiger partial charge in [-0.15, -0.1) is 0 Å². The van der Waals surface area contributed by atoms with Gasteiger partial charge in [-0.05, 0) is 92.0 Å². The molecule has 0 spiro atoms. The number of benzene rings is 1. The van der Waals surface area contributed by atoms with E-state index in [4.69, 9.17) is 9.97 Å². The third-order valence-electron chi connectivity index (χ3n) is 6.33. The first kappa shape index (κ1) is 21.1. The molecule has 2 aliphatic rings. The predicted octanol–water partition coefficient (Wildman–Crippen LogP) is 5.22. The Morgan fingerprint density at radius 2 is 1.94 bits per heavy atom. The zero-order valence-electron chi connectivity index (χ0n) is 18.0. The number of pyridine rings is 1. The molecule has 3 aromatic rings. The van der Waals surface area contributed by atoms with Crippen molar-refractivity contribution in [3.05, 3.63) is 62.7 Å². The van der Waals surface area contributed by atoms with Crippen LogP contribution in [0.5, 0.6) is 0 Å². The Balaban J connectivity index is 1.62. The van der Waals surface area contributed by atoms with Gasteiger partial charge in [0.25, 0.3) is 5.91 Å². The van der Waals surface area contributed by atoms with Crippen molar-refractivity contribution in [2.75, 3.05) is 13.1 Å². The summed E-state index contributed by atoms with van der Waals surface area (Å²) in [6.45, 7) is 3.52. The first-order valence-electron chi connectivity index (χ1n) is 11.1. The first-order valence-corrected chi connectivity index (χ1v) is 12.2. The molecule has 1 aliphatic heterocycles. The molecule has 32 heavy (non-hydrogen) atoms. The van der Waals surface area contributed by atoms with Gasteiger partial charge in [-0.25, -0.2) is 4.98 Å². The van der Waals surface area contributed by atoms with Crippen molar-refractivity contribution in [1.29, 1.82) is 5.26 Å². The Labute approximate surface area is 201 Å². The molecule has 0 bridgehead atoms. The SMILES string of the molecule is Cc1c(C(=O)N2CCCCC2)nc(-c2ccc(C#N)c(I)c2)n1-c1ccc(C2CC2)nc1. The molecule has 0 unspecified atom stereocenters. The number of piperidine rings is 1. The second-order valence-electron chi connectivity index (χ2n) is 8.58. The van der Waals surface area contributed by atoms with E-state index in [1.807, 2.05) is 40.8 Å². The molecule has 0 atom stereocenters.